The number of carbonyl (C=O) groups excluding carboxylic acids is 1. The Hall–Kier alpha value is -1.42. The number of piperidine rings is 1. The summed E-state index contributed by atoms with van der Waals surface area (Å²) in [7, 11) is 0. The van der Waals surface area contributed by atoms with Crippen molar-refractivity contribution in [1.82, 2.24) is 10.2 Å². The van der Waals surface area contributed by atoms with Gasteiger partial charge in [0.15, 0.2) is 0 Å². The first-order valence-corrected chi connectivity index (χ1v) is 6.97. The van der Waals surface area contributed by atoms with Crippen molar-refractivity contribution < 1.29 is 9.18 Å². The van der Waals surface area contributed by atoms with Crippen molar-refractivity contribution in [3.8, 4) is 0 Å². The smallest absolute Gasteiger partial charge is 0.239 e. The van der Waals surface area contributed by atoms with Crippen molar-refractivity contribution in [2.45, 2.75) is 38.8 Å². The topological polar surface area (TPSA) is 32.3 Å². The largest absolute Gasteiger partial charge is 0.337 e. The third-order valence-electron chi connectivity index (χ3n) is 3.56. The van der Waals surface area contributed by atoms with Crippen LogP contribution in [-0.4, -0.2) is 29.9 Å². The molecule has 1 aliphatic rings. The molecule has 1 aromatic carbocycles. The number of amides is 1. The van der Waals surface area contributed by atoms with Gasteiger partial charge in [0.2, 0.25) is 5.91 Å². The van der Waals surface area contributed by atoms with E-state index in [1.54, 1.807) is 11.0 Å². The van der Waals surface area contributed by atoms with E-state index in [1.807, 2.05) is 13.0 Å². The van der Waals surface area contributed by atoms with E-state index in [1.165, 1.54) is 12.1 Å². The Morgan fingerprint density at radius 3 is 2.95 bits per heavy atom. The van der Waals surface area contributed by atoms with Crippen LogP contribution in [0.2, 0.25) is 0 Å². The van der Waals surface area contributed by atoms with Crippen LogP contribution >= 0.6 is 0 Å². The summed E-state index contributed by atoms with van der Waals surface area (Å²) in [5.74, 6) is -0.122. The van der Waals surface area contributed by atoms with Crippen molar-refractivity contribution in [1.29, 1.82) is 0 Å². The minimum absolute atomic E-state index is 0.0674. The number of nitrogens with one attached hydrogen (secondary N) is 1. The number of hydrogen-bond acceptors (Lipinski definition) is 2. The summed E-state index contributed by atoms with van der Waals surface area (Å²) in [6.07, 6.45) is 3.14. The second-order valence-electron chi connectivity index (χ2n) is 4.98. The van der Waals surface area contributed by atoms with Crippen LogP contribution in [0.5, 0.6) is 0 Å². The summed E-state index contributed by atoms with van der Waals surface area (Å²) in [5, 5.41) is 3.27. The van der Waals surface area contributed by atoms with Crippen LogP contribution in [0.1, 0.15) is 31.7 Å². The van der Waals surface area contributed by atoms with Crippen molar-refractivity contribution in [2.75, 3.05) is 13.1 Å². The molecule has 0 aromatic heterocycles. The number of likely N-dealkylation sites (N-methyl/N-ethyl adjacent to an activating group) is 1. The number of hydrogen-bond donors (Lipinski definition) is 1. The maximum atomic E-state index is 13.2. The van der Waals surface area contributed by atoms with Gasteiger partial charge in [-0.3, -0.25) is 4.79 Å². The molecule has 2 rings (SSSR count). The van der Waals surface area contributed by atoms with Crippen molar-refractivity contribution >= 4 is 5.91 Å². The molecular weight excluding hydrogens is 243 g/mol. The molecule has 1 heterocycles. The molecule has 3 nitrogen and oxygen atoms in total. The van der Waals surface area contributed by atoms with E-state index >= 15 is 0 Å². The Bertz CT molecular complexity index is 430. The summed E-state index contributed by atoms with van der Waals surface area (Å²) in [5.41, 5.74) is 0.839. The maximum absolute atomic E-state index is 13.2. The normalized spacial score (nSPS) is 19.2. The van der Waals surface area contributed by atoms with Gasteiger partial charge in [0.25, 0.3) is 0 Å². The zero-order valence-corrected chi connectivity index (χ0v) is 11.4. The number of halogens is 1. The van der Waals surface area contributed by atoms with Crippen LogP contribution in [0.15, 0.2) is 24.3 Å². The molecule has 1 amide bonds. The lowest BCUT2D eigenvalue weighted by molar-refractivity contribution is -0.134. The van der Waals surface area contributed by atoms with E-state index in [9.17, 15) is 9.18 Å². The van der Waals surface area contributed by atoms with Gasteiger partial charge in [-0.1, -0.05) is 18.6 Å². The average Bonchev–Trinajstić information content (AvgIpc) is 2.45. The summed E-state index contributed by atoms with van der Waals surface area (Å²) >= 11 is 0. The monoisotopic (exact) mass is 264 g/mol. The molecule has 0 radical (unpaired) electrons. The van der Waals surface area contributed by atoms with Gasteiger partial charge in [0.05, 0.1) is 6.04 Å². The van der Waals surface area contributed by atoms with Crippen LogP contribution in [0.3, 0.4) is 0 Å². The summed E-state index contributed by atoms with van der Waals surface area (Å²) in [4.78, 5) is 14.2. The summed E-state index contributed by atoms with van der Waals surface area (Å²) in [6, 6.07) is 6.38. The van der Waals surface area contributed by atoms with Gasteiger partial charge in [0, 0.05) is 13.1 Å². The molecule has 104 valence electrons. The fourth-order valence-corrected chi connectivity index (χ4v) is 2.48. The van der Waals surface area contributed by atoms with Gasteiger partial charge in [-0.25, -0.2) is 4.39 Å². The predicted octanol–water partition coefficient (Wildman–Crippen LogP) is 2.32. The van der Waals surface area contributed by atoms with Gasteiger partial charge in [0.1, 0.15) is 5.82 Å². The zero-order chi connectivity index (χ0) is 13.7. The fraction of sp³-hybridized carbons (Fsp3) is 0.533. The Morgan fingerprint density at radius 1 is 1.47 bits per heavy atom. The predicted molar refractivity (Wildman–Crippen MR) is 73.1 cm³/mol. The minimum atomic E-state index is -0.253. The van der Waals surface area contributed by atoms with Crippen molar-refractivity contribution in [2.24, 2.45) is 0 Å². The first-order chi connectivity index (χ1) is 9.20. The third kappa shape index (κ3) is 3.77. The van der Waals surface area contributed by atoms with Crippen LogP contribution < -0.4 is 5.32 Å². The number of carbonyl (C=O) groups is 1. The second kappa shape index (κ2) is 6.66. The second-order valence-corrected chi connectivity index (χ2v) is 4.98. The van der Waals surface area contributed by atoms with Crippen molar-refractivity contribution in [3.63, 3.8) is 0 Å². The van der Waals surface area contributed by atoms with Gasteiger partial charge in [-0.2, -0.15) is 0 Å². The Labute approximate surface area is 113 Å². The van der Waals surface area contributed by atoms with Crippen molar-refractivity contribution in [3.05, 3.63) is 35.6 Å². The highest BCUT2D eigenvalue weighted by atomic mass is 19.1. The molecule has 0 saturated carbocycles. The number of nitrogens with zero attached hydrogens (tertiary/aromatic N) is 1. The maximum Gasteiger partial charge on any atom is 0.239 e. The Balaban J connectivity index is 2.00. The molecule has 0 bridgehead atoms. The molecule has 4 heteroatoms. The average molecular weight is 264 g/mol. The fourth-order valence-electron chi connectivity index (χ4n) is 2.48. The molecule has 19 heavy (non-hydrogen) atoms. The van der Waals surface area contributed by atoms with E-state index < -0.39 is 0 Å². The van der Waals surface area contributed by atoms with E-state index in [0.717, 1.165) is 31.4 Å². The lowest BCUT2D eigenvalue weighted by Crippen LogP contribution is -2.48. The molecule has 1 saturated heterocycles. The summed E-state index contributed by atoms with van der Waals surface area (Å²) in [6.45, 7) is 3.99. The molecule has 0 unspecified atom stereocenters. The lowest BCUT2D eigenvalue weighted by atomic mass is 10.0. The van der Waals surface area contributed by atoms with Gasteiger partial charge < -0.3 is 10.2 Å². The Kier molecular flexibility index (Phi) is 4.91. The first kappa shape index (κ1) is 14.0. The quantitative estimate of drug-likeness (QED) is 0.905. The Morgan fingerprint density at radius 2 is 2.32 bits per heavy atom. The van der Waals surface area contributed by atoms with E-state index in [-0.39, 0.29) is 17.8 Å². The molecule has 1 fully saturated rings. The standard InChI is InChI=1S/C15H21FN2O/c1-2-18(11-12-6-5-7-13(16)10-12)15(19)14-8-3-4-9-17-14/h5-7,10,14,17H,2-4,8-9,11H2,1H3/t14-/m0/s1. The van der Waals surface area contributed by atoms with Crippen LogP contribution in [0, 0.1) is 5.82 Å². The van der Waals surface area contributed by atoms with Crippen LogP contribution in [0.25, 0.3) is 0 Å². The first-order valence-electron chi connectivity index (χ1n) is 6.97. The third-order valence-corrected chi connectivity index (χ3v) is 3.56. The molecule has 1 N–H and O–H groups in total. The SMILES string of the molecule is CCN(Cc1cccc(F)c1)C(=O)[C@@H]1CCCCN1. The highest BCUT2D eigenvalue weighted by Crippen LogP contribution is 2.13. The van der Waals surface area contributed by atoms with Crippen LogP contribution in [-0.2, 0) is 11.3 Å². The zero-order valence-electron chi connectivity index (χ0n) is 11.4. The number of benzene rings is 1. The minimum Gasteiger partial charge on any atom is -0.337 e. The molecule has 1 atom stereocenters. The van der Waals surface area contributed by atoms with Gasteiger partial charge in [-0.05, 0) is 44.0 Å². The molecule has 0 spiro atoms. The van der Waals surface area contributed by atoms with Gasteiger partial charge in [-0.15, -0.1) is 0 Å². The summed E-state index contributed by atoms with van der Waals surface area (Å²) < 4.78 is 13.2. The molecular formula is C15H21FN2O. The molecule has 0 aliphatic carbocycles. The van der Waals surface area contributed by atoms with Crippen LogP contribution in [0.4, 0.5) is 4.39 Å². The van der Waals surface area contributed by atoms with E-state index in [0.29, 0.717) is 13.1 Å². The highest BCUT2D eigenvalue weighted by molar-refractivity contribution is 5.82. The molecule has 1 aliphatic heterocycles. The van der Waals surface area contributed by atoms with E-state index in [4.69, 9.17) is 0 Å². The van der Waals surface area contributed by atoms with E-state index in [2.05, 4.69) is 5.32 Å². The highest BCUT2D eigenvalue weighted by Gasteiger charge is 2.24. The number of rotatable bonds is 4. The van der Waals surface area contributed by atoms with Gasteiger partial charge >= 0.3 is 0 Å². The lowest BCUT2D eigenvalue weighted by Gasteiger charge is -2.29. The molecule has 1 aromatic rings.